The van der Waals surface area contributed by atoms with E-state index in [4.69, 9.17) is 4.74 Å². The molecule has 0 fully saturated rings. The summed E-state index contributed by atoms with van der Waals surface area (Å²) < 4.78 is 5.89. The molecule has 4 rings (SSSR count). The fourth-order valence-corrected chi connectivity index (χ4v) is 3.27. The standard InChI is InChI=1S/C26H24N4O3/c31-18-21(17-19-7-2-1-3-8-19)30-25(32)23-9-6-16-28-26(23)33-22-13-11-20(12-14-22)29-24-10-4-5-15-27-24/h1-16,21,31H,17-18H2,(H,27,29)(H,30,32)/t21-/m0/s1. The Bertz CT molecular complexity index is 1170. The van der Waals surface area contributed by atoms with Gasteiger partial charge >= 0.3 is 0 Å². The van der Waals surface area contributed by atoms with Gasteiger partial charge in [-0.25, -0.2) is 9.97 Å². The highest BCUT2D eigenvalue weighted by molar-refractivity contribution is 5.96. The number of hydrogen-bond donors (Lipinski definition) is 3. The Kier molecular flexibility index (Phi) is 7.25. The number of carbonyl (C=O) groups excluding carboxylic acids is 1. The van der Waals surface area contributed by atoms with E-state index in [-0.39, 0.29) is 18.4 Å². The number of rotatable bonds is 9. The van der Waals surface area contributed by atoms with Crippen molar-refractivity contribution in [2.24, 2.45) is 0 Å². The summed E-state index contributed by atoms with van der Waals surface area (Å²) in [6, 6.07) is 25.5. The van der Waals surface area contributed by atoms with Crippen LogP contribution in [0.3, 0.4) is 0 Å². The molecule has 7 heteroatoms. The molecule has 1 atom stereocenters. The molecule has 2 heterocycles. The molecule has 0 saturated carbocycles. The highest BCUT2D eigenvalue weighted by Crippen LogP contribution is 2.25. The van der Waals surface area contributed by atoms with Crippen molar-refractivity contribution < 1.29 is 14.6 Å². The molecule has 0 unspecified atom stereocenters. The molecule has 0 spiro atoms. The lowest BCUT2D eigenvalue weighted by Crippen LogP contribution is -2.39. The Balaban J connectivity index is 1.43. The van der Waals surface area contributed by atoms with Gasteiger partial charge in [-0.1, -0.05) is 36.4 Å². The number of anilines is 2. The Labute approximate surface area is 192 Å². The van der Waals surface area contributed by atoms with Crippen LogP contribution in [0.5, 0.6) is 11.6 Å². The Morgan fingerprint density at radius 2 is 1.64 bits per heavy atom. The molecule has 0 saturated heterocycles. The van der Waals surface area contributed by atoms with Crippen LogP contribution in [0.4, 0.5) is 11.5 Å². The van der Waals surface area contributed by atoms with Crippen LogP contribution in [0, 0.1) is 0 Å². The van der Waals surface area contributed by atoms with Gasteiger partial charge in [0.15, 0.2) is 0 Å². The summed E-state index contributed by atoms with van der Waals surface area (Å²) >= 11 is 0. The molecule has 4 aromatic rings. The van der Waals surface area contributed by atoms with Crippen LogP contribution in [-0.4, -0.2) is 33.6 Å². The van der Waals surface area contributed by atoms with Gasteiger partial charge < -0.3 is 20.5 Å². The highest BCUT2D eigenvalue weighted by Gasteiger charge is 2.18. The summed E-state index contributed by atoms with van der Waals surface area (Å²) in [5.74, 6) is 1.11. The van der Waals surface area contributed by atoms with Crippen molar-refractivity contribution in [3.8, 4) is 11.6 Å². The lowest BCUT2D eigenvalue weighted by Gasteiger charge is -2.17. The molecular weight excluding hydrogens is 416 g/mol. The minimum Gasteiger partial charge on any atom is -0.438 e. The number of benzene rings is 2. The normalized spacial score (nSPS) is 11.4. The smallest absolute Gasteiger partial charge is 0.257 e. The Morgan fingerprint density at radius 1 is 0.879 bits per heavy atom. The summed E-state index contributed by atoms with van der Waals surface area (Å²) in [4.78, 5) is 21.4. The van der Waals surface area contributed by atoms with E-state index in [2.05, 4.69) is 20.6 Å². The van der Waals surface area contributed by atoms with Crippen molar-refractivity contribution in [1.82, 2.24) is 15.3 Å². The van der Waals surface area contributed by atoms with E-state index in [0.29, 0.717) is 17.7 Å². The van der Waals surface area contributed by atoms with Crippen LogP contribution in [-0.2, 0) is 6.42 Å². The number of pyridine rings is 2. The lowest BCUT2D eigenvalue weighted by atomic mass is 10.1. The number of aromatic nitrogens is 2. The van der Waals surface area contributed by atoms with Crippen molar-refractivity contribution in [3.63, 3.8) is 0 Å². The van der Waals surface area contributed by atoms with Gasteiger partial charge in [0.2, 0.25) is 5.88 Å². The van der Waals surface area contributed by atoms with Gasteiger partial charge in [0.25, 0.3) is 5.91 Å². The number of ether oxygens (including phenoxy) is 1. The second-order valence-electron chi connectivity index (χ2n) is 7.37. The average Bonchev–Trinajstić information content (AvgIpc) is 2.86. The molecule has 0 aliphatic rings. The van der Waals surface area contributed by atoms with Crippen molar-refractivity contribution in [3.05, 3.63) is 108 Å². The van der Waals surface area contributed by atoms with Gasteiger partial charge in [-0.2, -0.15) is 0 Å². The fraction of sp³-hybridized carbons (Fsp3) is 0.115. The number of hydrogen-bond acceptors (Lipinski definition) is 6. The molecule has 2 aromatic carbocycles. The van der Waals surface area contributed by atoms with Gasteiger partial charge in [0, 0.05) is 18.1 Å². The number of carbonyl (C=O) groups is 1. The second-order valence-corrected chi connectivity index (χ2v) is 7.37. The van der Waals surface area contributed by atoms with E-state index in [1.165, 1.54) is 0 Å². The van der Waals surface area contributed by atoms with Crippen molar-refractivity contribution >= 4 is 17.4 Å². The van der Waals surface area contributed by atoms with Crippen molar-refractivity contribution in [2.45, 2.75) is 12.5 Å². The molecule has 0 bridgehead atoms. The van der Waals surface area contributed by atoms with Crippen molar-refractivity contribution in [2.75, 3.05) is 11.9 Å². The van der Waals surface area contributed by atoms with Gasteiger partial charge in [-0.3, -0.25) is 4.79 Å². The predicted molar refractivity (Wildman–Crippen MR) is 127 cm³/mol. The maximum absolute atomic E-state index is 12.9. The first-order chi connectivity index (χ1) is 16.2. The van der Waals surface area contributed by atoms with E-state index < -0.39 is 6.04 Å². The third-order valence-corrected chi connectivity index (χ3v) is 4.90. The first-order valence-corrected chi connectivity index (χ1v) is 10.6. The van der Waals surface area contributed by atoms with E-state index in [1.54, 1.807) is 36.7 Å². The monoisotopic (exact) mass is 440 g/mol. The maximum Gasteiger partial charge on any atom is 0.257 e. The Morgan fingerprint density at radius 3 is 2.36 bits per heavy atom. The number of aliphatic hydroxyl groups is 1. The second kappa shape index (κ2) is 10.9. The van der Waals surface area contributed by atoms with E-state index in [0.717, 1.165) is 17.1 Å². The summed E-state index contributed by atoms with van der Waals surface area (Å²) in [7, 11) is 0. The molecular formula is C26H24N4O3. The zero-order chi connectivity index (χ0) is 22.9. The van der Waals surface area contributed by atoms with Crippen LogP contribution in [0.1, 0.15) is 15.9 Å². The number of amides is 1. The van der Waals surface area contributed by atoms with Gasteiger partial charge in [0.1, 0.15) is 17.1 Å². The van der Waals surface area contributed by atoms with Crippen LogP contribution < -0.4 is 15.4 Å². The third kappa shape index (κ3) is 6.15. The summed E-state index contributed by atoms with van der Waals surface area (Å²) in [6.45, 7) is -0.179. The molecule has 0 aliphatic heterocycles. The molecule has 0 radical (unpaired) electrons. The minimum absolute atomic E-state index is 0.179. The Hall–Kier alpha value is -4.23. The summed E-state index contributed by atoms with van der Waals surface area (Å²) in [5, 5.41) is 15.8. The van der Waals surface area contributed by atoms with Crippen LogP contribution in [0.2, 0.25) is 0 Å². The molecule has 0 aliphatic carbocycles. The topological polar surface area (TPSA) is 96.4 Å². The molecule has 7 nitrogen and oxygen atoms in total. The van der Waals surface area contributed by atoms with Crippen LogP contribution in [0.25, 0.3) is 0 Å². The lowest BCUT2D eigenvalue weighted by molar-refractivity contribution is 0.0913. The SMILES string of the molecule is O=C(N[C@H](CO)Cc1ccccc1)c1cccnc1Oc1ccc(Nc2ccccn2)cc1. The third-order valence-electron chi connectivity index (χ3n) is 4.90. The first kappa shape index (κ1) is 22.0. The van der Waals surface area contributed by atoms with Crippen LogP contribution in [0.15, 0.2) is 97.3 Å². The number of nitrogens with one attached hydrogen (secondary N) is 2. The van der Waals surface area contributed by atoms with Gasteiger partial charge in [-0.15, -0.1) is 0 Å². The maximum atomic E-state index is 12.9. The zero-order valence-corrected chi connectivity index (χ0v) is 17.9. The predicted octanol–water partition coefficient (Wildman–Crippen LogP) is 4.35. The number of nitrogens with zero attached hydrogens (tertiary/aromatic N) is 2. The van der Waals surface area contributed by atoms with Crippen molar-refractivity contribution in [1.29, 1.82) is 0 Å². The highest BCUT2D eigenvalue weighted by atomic mass is 16.5. The zero-order valence-electron chi connectivity index (χ0n) is 17.9. The molecule has 166 valence electrons. The van der Waals surface area contributed by atoms with Gasteiger partial charge in [0.05, 0.1) is 12.6 Å². The minimum atomic E-state index is -0.426. The van der Waals surface area contributed by atoms with E-state index >= 15 is 0 Å². The molecule has 3 N–H and O–H groups in total. The van der Waals surface area contributed by atoms with E-state index in [1.807, 2.05) is 60.7 Å². The fourth-order valence-electron chi connectivity index (χ4n) is 3.27. The van der Waals surface area contributed by atoms with Crippen LogP contribution >= 0.6 is 0 Å². The average molecular weight is 441 g/mol. The molecule has 1 amide bonds. The van der Waals surface area contributed by atoms with Gasteiger partial charge in [-0.05, 0) is 60.5 Å². The quantitative estimate of drug-likeness (QED) is 0.358. The first-order valence-electron chi connectivity index (χ1n) is 10.6. The summed E-state index contributed by atoms with van der Waals surface area (Å²) in [6.07, 6.45) is 3.80. The molecule has 33 heavy (non-hydrogen) atoms. The molecule has 2 aromatic heterocycles. The van der Waals surface area contributed by atoms with E-state index in [9.17, 15) is 9.90 Å². The summed E-state index contributed by atoms with van der Waals surface area (Å²) in [5.41, 5.74) is 2.17. The largest absolute Gasteiger partial charge is 0.438 e. The number of aliphatic hydroxyl groups excluding tert-OH is 1.